The van der Waals surface area contributed by atoms with E-state index in [9.17, 15) is 24.3 Å². The van der Waals surface area contributed by atoms with Crippen LogP contribution in [0.25, 0.3) is 0 Å². The number of hydrogen-bond acceptors (Lipinski definition) is 7. The summed E-state index contributed by atoms with van der Waals surface area (Å²) in [5.41, 5.74) is -0.470. The molecule has 0 aromatic heterocycles. The molecule has 1 unspecified atom stereocenters. The van der Waals surface area contributed by atoms with Crippen LogP contribution >= 0.6 is 15.9 Å². The molecule has 1 aromatic carbocycles. The second-order valence-electron chi connectivity index (χ2n) is 14.4. The quantitative estimate of drug-likeness (QED) is 0.0988. The van der Waals surface area contributed by atoms with Crippen molar-refractivity contribution in [2.24, 2.45) is 11.8 Å². The molecule has 1 saturated carbocycles. The molecule has 1 N–H and O–H groups in total. The topological polar surface area (TPSA) is 117 Å². The zero-order valence-electron chi connectivity index (χ0n) is 29.6. The normalized spacial score (nSPS) is 28.5. The number of nitrogens with zero attached hydrogens (tertiary/aromatic N) is 3. The Bertz CT molecular complexity index is 1390. The van der Waals surface area contributed by atoms with E-state index in [0.717, 1.165) is 37.7 Å². The minimum Gasteiger partial charge on any atom is -0.455 e. The summed E-state index contributed by atoms with van der Waals surface area (Å²) >= 11 is 3.78. The number of alkyl halides is 1. The van der Waals surface area contributed by atoms with E-state index in [1.54, 1.807) is 29.0 Å². The molecule has 11 heteroatoms. The van der Waals surface area contributed by atoms with Crippen molar-refractivity contribution < 1.29 is 33.8 Å². The number of unbranched alkanes of at least 4 members (excludes halogenated alkanes) is 2. The lowest BCUT2D eigenvalue weighted by molar-refractivity contribution is -0.164. The Morgan fingerprint density at radius 1 is 1.12 bits per heavy atom. The zero-order valence-corrected chi connectivity index (χ0v) is 31.2. The molecule has 5 rings (SSSR count). The zero-order chi connectivity index (χ0) is 36.0. The van der Waals surface area contributed by atoms with Gasteiger partial charge < -0.3 is 29.3 Å². The molecule has 1 aromatic rings. The third-order valence-electron chi connectivity index (χ3n) is 11.4. The number of halogens is 1. The summed E-state index contributed by atoms with van der Waals surface area (Å²) in [5.74, 6) is -2.92. The van der Waals surface area contributed by atoms with Crippen molar-refractivity contribution in [2.75, 3.05) is 26.7 Å². The van der Waals surface area contributed by atoms with Crippen LogP contribution in [-0.2, 0) is 28.7 Å². The molecule has 274 valence electrons. The third kappa shape index (κ3) is 7.46. The smallest absolute Gasteiger partial charge is 0.313 e. The molecule has 10 nitrogen and oxygen atoms in total. The largest absolute Gasteiger partial charge is 0.455 e. The first kappa shape index (κ1) is 38.2. The van der Waals surface area contributed by atoms with Gasteiger partial charge in [-0.15, -0.1) is 13.2 Å². The molecule has 50 heavy (non-hydrogen) atoms. The van der Waals surface area contributed by atoms with Gasteiger partial charge in [-0.3, -0.25) is 19.2 Å². The van der Waals surface area contributed by atoms with Crippen LogP contribution in [0.1, 0.15) is 89.2 Å². The second kappa shape index (κ2) is 17.0. The minimum absolute atomic E-state index is 0.0504. The molecule has 3 amide bonds. The number of allylic oxidation sites excluding steroid dienone is 1. The Morgan fingerprint density at radius 3 is 2.50 bits per heavy atom. The number of ether oxygens (including phenoxy) is 2. The van der Waals surface area contributed by atoms with Crippen molar-refractivity contribution in [3.8, 4) is 0 Å². The summed E-state index contributed by atoms with van der Waals surface area (Å²) < 4.78 is 13.2. The number of carbonyl (C=O) groups excluding carboxylic acids is 4. The number of esters is 1. The lowest BCUT2D eigenvalue weighted by Gasteiger charge is -2.41. The highest BCUT2D eigenvalue weighted by Gasteiger charge is 2.77. The molecule has 3 heterocycles. The van der Waals surface area contributed by atoms with Crippen LogP contribution in [0.15, 0.2) is 55.6 Å². The van der Waals surface area contributed by atoms with E-state index >= 15 is 0 Å². The van der Waals surface area contributed by atoms with Crippen molar-refractivity contribution in [1.29, 1.82) is 0 Å². The predicted octanol–water partition coefficient (Wildman–Crippen LogP) is 5.34. The monoisotopic (exact) mass is 755 g/mol. The number of rotatable bonds is 17. The van der Waals surface area contributed by atoms with Gasteiger partial charge in [0.25, 0.3) is 0 Å². The van der Waals surface area contributed by atoms with Crippen LogP contribution < -0.4 is 0 Å². The Balaban J connectivity index is 1.48. The molecule has 3 saturated heterocycles. The number of fused-ring (bicyclic) bond motifs is 1. The first-order chi connectivity index (χ1) is 24.1. The van der Waals surface area contributed by atoms with Gasteiger partial charge in [-0.25, -0.2) is 0 Å². The van der Waals surface area contributed by atoms with Gasteiger partial charge in [0.15, 0.2) is 0 Å². The maximum Gasteiger partial charge on any atom is 0.313 e. The molecule has 8 atom stereocenters. The van der Waals surface area contributed by atoms with Gasteiger partial charge in [-0.2, -0.15) is 0 Å². The van der Waals surface area contributed by atoms with Crippen LogP contribution in [0.4, 0.5) is 0 Å². The fraction of sp³-hybridized carbons (Fsp3) is 0.641. The van der Waals surface area contributed by atoms with Crippen LogP contribution in [0.5, 0.6) is 0 Å². The van der Waals surface area contributed by atoms with Gasteiger partial charge in [0.05, 0.1) is 24.0 Å². The molecule has 1 spiro atoms. The Hall–Kier alpha value is -3.02. The Kier molecular flexibility index (Phi) is 13.0. The van der Waals surface area contributed by atoms with E-state index in [1.165, 1.54) is 0 Å². The molecule has 4 fully saturated rings. The SMILES string of the molecule is C=CCCC(=O)N(C)[C@H](C)[C@H](OC(=O)[C@@H]1[C@H]2O[C@@]3(CC2Br)[C@H](C(=O)N(CC=C)C2CCCCC2)N(CCCCCO)C(=O)[C@@H]13)c1ccccc1. The Labute approximate surface area is 305 Å². The molecular formula is C39H54BrN3O7. The van der Waals surface area contributed by atoms with Crippen LogP contribution in [0.3, 0.4) is 0 Å². The average molecular weight is 757 g/mol. The fourth-order valence-electron chi connectivity index (χ4n) is 8.72. The minimum atomic E-state index is -1.20. The first-order valence-electron chi connectivity index (χ1n) is 18.4. The van der Waals surface area contributed by atoms with Crippen molar-refractivity contribution in [3.63, 3.8) is 0 Å². The number of hydrogen-bond donors (Lipinski definition) is 1. The van der Waals surface area contributed by atoms with Crippen molar-refractivity contribution in [1.82, 2.24) is 14.7 Å². The Morgan fingerprint density at radius 2 is 1.84 bits per heavy atom. The maximum absolute atomic E-state index is 14.8. The van der Waals surface area contributed by atoms with E-state index in [1.807, 2.05) is 42.2 Å². The van der Waals surface area contributed by atoms with Crippen molar-refractivity contribution in [3.05, 3.63) is 61.2 Å². The second-order valence-corrected chi connectivity index (χ2v) is 15.6. The lowest BCUT2D eigenvalue weighted by Crippen LogP contribution is -2.58. The molecule has 4 aliphatic rings. The molecule has 3 aliphatic heterocycles. The van der Waals surface area contributed by atoms with Gasteiger partial charge in [0, 0.05) is 44.0 Å². The number of aliphatic hydroxyl groups is 1. The van der Waals surface area contributed by atoms with E-state index < -0.39 is 47.7 Å². The highest BCUT2D eigenvalue weighted by Crippen LogP contribution is 2.60. The molecular weight excluding hydrogens is 702 g/mol. The maximum atomic E-state index is 14.8. The average Bonchev–Trinajstić information content (AvgIpc) is 3.73. The fourth-order valence-corrected chi connectivity index (χ4v) is 9.66. The molecule has 2 bridgehead atoms. The van der Waals surface area contributed by atoms with Gasteiger partial charge >= 0.3 is 5.97 Å². The summed E-state index contributed by atoms with van der Waals surface area (Å²) in [6, 6.07) is 7.98. The standard InChI is InChI=1S/C39H54BrN3O7/c1-5-7-21-30(45)41(4)26(3)33(27-17-11-8-12-18-27)49-38(48)31-32-36(46)43(23-15-10-16-24-44)35(39(32)25-29(40)34(31)50-39)37(47)42(22-6-2)28-19-13-9-14-20-28/h5-6,8,11-12,17-18,26,28-29,31-35,44H,1-2,7,9-10,13-16,19-25H2,3-4H3/t26-,29?,31+,32-,33+,34+,35+,39-/m1/s1. The highest BCUT2D eigenvalue weighted by molar-refractivity contribution is 9.09. The number of carbonyl (C=O) groups is 4. The predicted molar refractivity (Wildman–Crippen MR) is 194 cm³/mol. The van der Waals surface area contributed by atoms with Crippen LogP contribution in [-0.4, -0.2) is 105 Å². The number of benzene rings is 1. The van der Waals surface area contributed by atoms with E-state index in [0.29, 0.717) is 45.2 Å². The van der Waals surface area contributed by atoms with Crippen molar-refractivity contribution >= 4 is 39.6 Å². The van der Waals surface area contributed by atoms with Crippen LogP contribution in [0.2, 0.25) is 0 Å². The summed E-state index contributed by atoms with van der Waals surface area (Å²) in [4.78, 5) is 61.9. The highest BCUT2D eigenvalue weighted by atomic mass is 79.9. The van der Waals surface area contributed by atoms with E-state index in [-0.39, 0.29) is 41.6 Å². The van der Waals surface area contributed by atoms with Crippen LogP contribution in [0, 0.1) is 11.8 Å². The lowest BCUT2D eigenvalue weighted by atomic mass is 9.70. The van der Waals surface area contributed by atoms with Gasteiger partial charge in [-0.1, -0.05) is 77.7 Å². The van der Waals surface area contributed by atoms with E-state index in [4.69, 9.17) is 9.47 Å². The van der Waals surface area contributed by atoms with Crippen molar-refractivity contribution in [2.45, 2.75) is 118 Å². The summed E-state index contributed by atoms with van der Waals surface area (Å²) in [5, 5.41) is 9.41. The number of likely N-dealkylation sites (tertiary alicyclic amines) is 1. The molecule has 0 radical (unpaired) electrons. The summed E-state index contributed by atoms with van der Waals surface area (Å²) in [6.45, 7) is 10.3. The number of aliphatic hydroxyl groups excluding tert-OH is 1. The van der Waals surface area contributed by atoms with E-state index in [2.05, 4.69) is 29.1 Å². The summed E-state index contributed by atoms with van der Waals surface area (Å²) in [6.07, 6.45) is 10.1. The van der Waals surface area contributed by atoms with Gasteiger partial charge in [-0.05, 0) is 57.4 Å². The molecule has 1 aliphatic carbocycles. The number of likely N-dealkylation sites (N-methyl/N-ethyl adjacent to an activating group) is 1. The first-order valence-corrected chi connectivity index (χ1v) is 19.3. The third-order valence-corrected chi connectivity index (χ3v) is 12.2. The summed E-state index contributed by atoms with van der Waals surface area (Å²) in [7, 11) is 1.71. The number of amides is 3. The van der Waals surface area contributed by atoms with Gasteiger partial charge in [0.1, 0.15) is 17.7 Å². The van der Waals surface area contributed by atoms with Gasteiger partial charge in [0.2, 0.25) is 17.7 Å².